The summed E-state index contributed by atoms with van der Waals surface area (Å²) < 4.78 is 25.0. The first-order valence-corrected chi connectivity index (χ1v) is 6.31. The van der Waals surface area contributed by atoms with Crippen LogP contribution in [-0.2, 0) is 5.33 Å². The SMILES string of the molecule is O=C(CCCl)c1cc(C(F)F)ccc1CBr. The van der Waals surface area contributed by atoms with Crippen molar-refractivity contribution in [1.82, 2.24) is 0 Å². The highest BCUT2D eigenvalue weighted by Crippen LogP contribution is 2.24. The van der Waals surface area contributed by atoms with Crippen molar-refractivity contribution < 1.29 is 13.6 Å². The van der Waals surface area contributed by atoms with Crippen molar-refractivity contribution in [3.63, 3.8) is 0 Å². The second kappa shape index (κ2) is 6.30. The second-order valence-corrected chi connectivity index (χ2v) is 4.15. The van der Waals surface area contributed by atoms with E-state index in [0.29, 0.717) is 16.5 Å². The van der Waals surface area contributed by atoms with E-state index in [4.69, 9.17) is 11.6 Å². The first-order chi connectivity index (χ1) is 7.60. The van der Waals surface area contributed by atoms with Crippen LogP contribution in [0.2, 0.25) is 0 Å². The zero-order chi connectivity index (χ0) is 12.1. The normalized spacial score (nSPS) is 10.8. The van der Waals surface area contributed by atoms with Gasteiger partial charge in [-0.3, -0.25) is 4.79 Å². The van der Waals surface area contributed by atoms with Gasteiger partial charge in [-0.2, -0.15) is 0 Å². The van der Waals surface area contributed by atoms with E-state index in [-0.39, 0.29) is 23.6 Å². The number of benzene rings is 1. The lowest BCUT2D eigenvalue weighted by Crippen LogP contribution is -2.05. The van der Waals surface area contributed by atoms with E-state index in [2.05, 4.69) is 15.9 Å². The summed E-state index contributed by atoms with van der Waals surface area (Å²) in [4.78, 5) is 11.6. The summed E-state index contributed by atoms with van der Waals surface area (Å²) in [6.45, 7) is 0. The molecule has 0 aliphatic carbocycles. The highest BCUT2D eigenvalue weighted by Gasteiger charge is 2.14. The molecule has 88 valence electrons. The fourth-order valence-corrected chi connectivity index (χ4v) is 1.99. The van der Waals surface area contributed by atoms with E-state index in [9.17, 15) is 13.6 Å². The highest BCUT2D eigenvalue weighted by molar-refractivity contribution is 9.08. The number of carbonyl (C=O) groups is 1. The molecule has 0 amide bonds. The Balaban J connectivity index is 3.11. The van der Waals surface area contributed by atoms with Gasteiger partial charge in [-0.05, 0) is 11.6 Å². The highest BCUT2D eigenvalue weighted by atomic mass is 79.9. The van der Waals surface area contributed by atoms with Gasteiger partial charge in [0, 0.05) is 28.8 Å². The van der Waals surface area contributed by atoms with Gasteiger partial charge < -0.3 is 0 Å². The van der Waals surface area contributed by atoms with E-state index in [1.54, 1.807) is 0 Å². The maximum atomic E-state index is 12.5. The summed E-state index contributed by atoms with van der Waals surface area (Å²) >= 11 is 8.68. The zero-order valence-corrected chi connectivity index (χ0v) is 10.7. The number of alkyl halides is 4. The van der Waals surface area contributed by atoms with Crippen LogP contribution in [-0.4, -0.2) is 11.7 Å². The van der Waals surface area contributed by atoms with Crippen molar-refractivity contribution in [2.24, 2.45) is 0 Å². The minimum atomic E-state index is -2.56. The van der Waals surface area contributed by atoms with Crippen LogP contribution in [0.15, 0.2) is 18.2 Å². The fourth-order valence-electron chi connectivity index (χ4n) is 1.33. The number of Topliss-reactive ketones (excluding diaryl/α,β-unsaturated/α-hetero) is 1. The van der Waals surface area contributed by atoms with Crippen molar-refractivity contribution in [1.29, 1.82) is 0 Å². The summed E-state index contributed by atoms with van der Waals surface area (Å²) in [5.74, 6) is -0.00798. The Morgan fingerprint density at radius 1 is 1.44 bits per heavy atom. The number of hydrogen-bond donors (Lipinski definition) is 0. The molecule has 0 saturated heterocycles. The van der Waals surface area contributed by atoms with Crippen LogP contribution < -0.4 is 0 Å². The topological polar surface area (TPSA) is 17.1 Å². The molecule has 0 aromatic heterocycles. The lowest BCUT2D eigenvalue weighted by molar-refractivity contribution is 0.0988. The predicted octanol–water partition coefficient (Wildman–Crippen LogP) is 4.33. The third kappa shape index (κ3) is 3.25. The number of rotatable bonds is 5. The van der Waals surface area contributed by atoms with E-state index < -0.39 is 6.43 Å². The van der Waals surface area contributed by atoms with Crippen LogP contribution >= 0.6 is 27.5 Å². The van der Waals surface area contributed by atoms with Gasteiger partial charge in [0.25, 0.3) is 6.43 Å². The van der Waals surface area contributed by atoms with Crippen LogP contribution in [0.25, 0.3) is 0 Å². The average molecular weight is 312 g/mol. The average Bonchev–Trinajstić information content (AvgIpc) is 2.28. The smallest absolute Gasteiger partial charge is 0.263 e. The third-order valence-electron chi connectivity index (χ3n) is 2.15. The van der Waals surface area contributed by atoms with Crippen molar-refractivity contribution in [2.75, 3.05) is 5.88 Å². The van der Waals surface area contributed by atoms with Crippen LogP contribution in [0, 0.1) is 0 Å². The summed E-state index contributed by atoms with van der Waals surface area (Å²) in [5, 5.41) is 0.458. The van der Waals surface area contributed by atoms with Gasteiger partial charge in [0.2, 0.25) is 0 Å². The monoisotopic (exact) mass is 310 g/mol. The minimum Gasteiger partial charge on any atom is -0.294 e. The molecule has 1 aromatic rings. The van der Waals surface area contributed by atoms with Gasteiger partial charge in [-0.25, -0.2) is 8.78 Å². The fraction of sp³-hybridized carbons (Fsp3) is 0.364. The molecule has 0 aliphatic heterocycles. The Bertz CT molecular complexity index is 382. The van der Waals surface area contributed by atoms with Crippen LogP contribution in [0.1, 0.15) is 34.3 Å². The first-order valence-electron chi connectivity index (χ1n) is 4.66. The Morgan fingerprint density at radius 2 is 2.12 bits per heavy atom. The Kier molecular flexibility index (Phi) is 5.35. The van der Waals surface area contributed by atoms with Crippen LogP contribution in [0.5, 0.6) is 0 Å². The van der Waals surface area contributed by atoms with Gasteiger partial charge in [0.1, 0.15) is 0 Å². The summed E-state index contributed by atoms with van der Waals surface area (Å²) in [6.07, 6.45) is -2.40. The molecule has 1 rings (SSSR count). The minimum absolute atomic E-state index is 0.136. The van der Waals surface area contributed by atoms with E-state index >= 15 is 0 Å². The maximum Gasteiger partial charge on any atom is 0.263 e. The standard InChI is InChI=1S/C11H10BrClF2O/c12-6-8-2-1-7(11(14)15)5-9(8)10(16)3-4-13/h1-2,5,11H,3-4,6H2. The molecular weight excluding hydrogens is 301 g/mol. The van der Waals surface area contributed by atoms with E-state index in [1.165, 1.54) is 18.2 Å². The summed E-state index contributed by atoms with van der Waals surface area (Å²) in [6, 6.07) is 4.12. The lowest BCUT2D eigenvalue weighted by atomic mass is 10.0. The molecule has 0 unspecified atom stereocenters. The van der Waals surface area contributed by atoms with Crippen LogP contribution in [0.3, 0.4) is 0 Å². The number of halogens is 4. The largest absolute Gasteiger partial charge is 0.294 e. The summed E-state index contributed by atoms with van der Waals surface area (Å²) in [7, 11) is 0. The molecule has 1 nitrogen and oxygen atoms in total. The molecular formula is C11H10BrClF2O. The summed E-state index contributed by atoms with van der Waals surface area (Å²) in [5.41, 5.74) is 0.900. The number of ketones is 1. The quantitative estimate of drug-likeness (QED) is 0.584. The Labute approximate surface area is 106 Å². The molecule has 0 bridgehead atoms. The number of hydrogen-bond acceptors (Lipinski definition) is 1. The molecule has 0 aliphatic rings. The molecule has 0 fully saturated rings. The van der Waals surface area contributed by atoms with E-state index in [1.807, 2.05) is 0 Å². The Hall–Kier alpha value is -0.480. The molecule has 1 aromatic carbocycles. The zero-order valence-electron chi connectivity index (χ0n) is 8.35. The molecule has 0 heterocycles. The Morgan fingerprint density at radius 3 is 2.62 bits per heavy atom. The lowest BCUT2D eigenvalue weighted by Gasteiger charge is -2.08. The van der Waals surface area contributed by atoms with Gasteiger partial charge in [-0.15, -0.1) is 11.6 Å². The van der Waals surface area contributed by atoms with E-state index in [0.717, 1.165) is 0 Å². The second-order valence-electron chi connectivity index (χ2n) is 3.21. The molecule has 5 heteroatoms. The molecule has 0 radical (unpaired) electrons. The van der Waals surface area contributed by atoms with Gasteiger partial charge in [0.15, 0.2) is 5.78 Å². The molecule has 0 atom stereocenters. The molecule has 0 N–H and O–H groups in total. The van der Waals surface area contributed by atoms with Crippen molar-refractivity contribution in [2.45, 2.75) is 18.2 Å². The third-order valence-corrected chi connectivity index (χ3v) is 2.94. The van der Waals surface area contributed by atoms with Gasteiger partial charge in [0.05, 0.1) is 0 Å². The van der Waals surface area contributed by atoms with Gasteiger partial charge in [-0.1, -0.05) is 28.1 Å². The molecule has 0 spiro atoms. The predicted molar refractivity (Wildman–Crippen MR) is 63.7 cm³/mol. The maximum absolute atomic E-state index is 12.5. The molecule has 0 saturated carbocycles. The van der Waals surface area contributed by atoms with Crippen LogP contribution in [0.4, 0.5) is 8.78 Å². The molecule has 16 heavy (non-hydrogen) atoms. The van der Waals surface area contributed by atoms with Crippen molar-refractivity contribution in [3.8, 4) is 0 Å². The van der Waals surface area contributed by atoms with Gasteiger partial charge >= 0.3 is 0 Å². The number of carbonyl (C=O) groups excluding carboxylic acids is 1. The first kappa shape index (κ1) is 13.6. The van der Waals surface area contributed by atoms with Crippen molar-refractivity contribution >= 4 is 33.3 Å². The van der Waals surface area contributed by atoms with Crippen molar-refractivity contribution in [3.05, 3.63) is 34.9 Å².